The molecule has 0 spiro atoms. The molecule has 2 aromatic rings. The third kappa shape index (κ3) is 4.10. The Balaban J connectivity index is 2.02. The Morgan fingerprint density at radius 1 is 1.10 bits per heavy atom. The number of hydrogen-bond acceptors (Lipinski definition) is 3. The highest BCUT2D eigenvalue weighted by Crippen LogP contribution is 2.30. The largest absolute Gasteiger partial charge is 0.384 e. The van der Waals surface area contributed by atoms with Gasteiger partial charge >= 0.3 is 0 Å². The van der Waals surface area contributed by atoms with E-state index in [9.17, 15) is 5.11 Å². The fourth-order valence-corrected chi connectivity index (χ4v) is 3.53. The van der Waals surface area contributed by atoms with Crippen molar-refractivity contribution in [3.05, 3.63) is 65.2 Å². The summed E-state index contributed by atoms with van der Waals surface area (Å²) in [4.78, 5) is 1.28. The summed E-state index contributed by atoms with van der Waals surface area (Å²) in [5, 5.41) is 10.8. The van der Waals surface area contributed by atoms with Crippen LogP contribution in [-0.2, 0) is 5.60 Å². The van der Waals surface area contributed by atoms with Crippen LogP contribution in [0.25, 0.3) is 0 Å². The van der Waals surface area contributed by atoms with Crippen LogP contribution in [0.2, 0.25) is 0 Å². The fraction of sp³-hybridized carbons (Fsp3) is 0.333. The van der Waals surface area contributed by atoms with Crippen molar-refractivity contribution in [2.75, 3.05) is 12.3 Å². The first-order chi connectivity index (χ1) is 10.0. The second-order valence-electron chi connectivity index (χ2n) is 5.47. The summed E-state index contributed by atoms with van der Waals surface area (Å²) in [6.07, 6.45) is 0.644. The highest BCUT2D eigenvalue weighted by Gasteiger charge is 2.26. The van der Waals surface area contributed by atoms with E-state index in [0.29, 0.717) is 6.42 Å². The summed E-state index contributed by atoms with van der Waals surface area (Å²) >= 11 is 1.78. The van der Waals surface area contributed by atoms with Gasteiger partial charge in [-0.3, -0.25) is 0 Å². The van der Waals surface area contributed by atoms with Gasteiger partial charge in [0.2, 0.25) is 0 Å². The number of rotatable bonds is 6. The third-order valence-corrected chi connectivity index (χ3v) is 4.92. The molecule has 1 unspecified atom stereocenters. The Morgan fingerprint density at radius 2 is 1.81 bits per heavy atom. The monoisotopic (exact) mass is 301 g/mol. The molecule has 2 aromatic carbocycles. The molecule has 0 saturated heterocycles. The number of hydrogen-bond donors (Lipinski definition) is 2. The van der Waals surface area contributed by atoms with Gasteiger partial charge in [0.15, 0.2) is 0 Å². The Labute approximate surface area is 131 Å². The van der Waals surface area contributed by atoms with Gasteiger partial charge in [0.05, 0.1) is 0 Å². The van der Waals surface area contributed by atoms with Gasteiger partial charge in [-0.1, -0.05) is 48.0 Å². The zero-order chi connectivity index (χ0) is 15.3. The van der Waals surface area contributed by atoms with Crippen molar-refractivity contribution in [2.45, 2.75) is 30.8 Å². The number of aryl methyl sites for hydroxylation is 2. The number of thioether (sulfide) groups is 1. The molecule has 0 radical (unpaired) electrons. The SMILES string of the molecule is Cc1ccc(C)c(SCCC(O)(CN)c2ccccc2)c1. The predicted molar refractivity (Wildman–Crippen MR) is 90.7 cm³/mol. The lowest BCUT2D eigenvalue weighted by Crippen LogP contribution is -2.35. The van der Waals surface area contributed by atoms with Crippen LogP contribution < -0.4 is 5.73 Å². The van der Waals surface area contributed by atoms with E-state index in [-0.39, 0.29) is 6.54 Å². The fourth-order valence-electron chi connectivity index (χ4n) is 2.31. The maximum absolute atomic E-state index is 10.8. The van der Waals surface area contributed by atoms with Crippen molar-refractivity contribution in [1.29, 1.82) is 0 Å². The summed E-state index contributed by atoms with van der Waals surface area (Å²) in [6.45, 7) is 4.46. The van der Waals surface area contributed by atoms with Crippen LogP contribution in [0.5, 0.6) is 0 Å². The topological polar surface area (TPSA) is 46.2 Å². The number of benzene rings is 2. The molecule has 0 aliphatic carbocycles. The van der Waals surface area contributed by atoms with Crippen molar-refractivity contribution in [3.63, 3.8) is 0 Å². The number of aliphatic hydroxyl groups is 1. The summed E-state index contributed by atoms with van der Waals surface area (Å²) in [7, 11) is 0. The van der Waals surface area contributed by atoms with E-state index in [1.807, 2.05) is 30.3 Å². The summed E-state index contributed by atoms with van der Waals surface area (Å²) in [6, 6.07) is 16.2. The second kappa shape index (κ2) is 7.12. The second-order valence-corrected chi connectivity index (χ2v) is 6.61. The molecule has 2 rings (SSSR count). The molecule has 0 aliphatic heterocycles. The van der Waals surface area contributed by atoms with E-state index in [0.717, 1.165) is 11.3 Å². The maximum Gasteiger partial charge on any atom is 0.103 e. The van der Waals surface area contributed by atoms with Crippen LogP contribution >= 0.6 is 11.8 Å². The molecule has 0 amide bonds. The molecule has 3 heteroatoms. The van der Waals surface area contributed by atoms with Crippen LogP contribution in [0.4, 0.5) is 0 Å². The number of nitrogens with two attached hydrogens (primary N) is 1. The zero-order valence-electron chi connectivity index (χ0n) is 12.7. The highest BCUT2D eigenvalue weighted by atomic mass is 32.2. The van der Waals surface area contributed by atoms with Gasteiger partial charge in [0, 0.05) is 17.2 Å². The maximum atomic E-state index is 10.8. The van der Waals surface area contributed by atoms with Crippen molar-refractivity contribution in [1.82, 2.24) is 0 Å². The third-order valence-electron chi connectivity index (χ3n) is 3.77. The molecule has 0 aliphatic rings. The zero-order valence-corrected chi connectivity index (χ0v) is 13.5. The lowest BCUT2D eigenvalue weighted by Gasteiger charge is -2.27. The van der Waals surface area contributed by atoms with Crippen LogP contribution in [0.3, 0.4) is 0 Å². The summed E-state index contributed by atoms with van der Waals surface area (Å²) < 4.78 is 0. The standard InChI is InChI=1S/C18H23NOS/c1-14-8-9-15(2)17(12-14)21-11-10-18(20,13-19)16-6-4-3-5-7-16/h3-9,12,20H,10-11,13,19H2,1-2H3. The minimum atomic E-state index is -0.939. The molecule has 112 valence electrons. The van der Waals surface area contributed by atoms with E-state index >= 15 is 0 Å². The van der Waals surface area contributed by atoms with E-state index in [1.165, 1.54) is 16.0 Å². The molecule has 0 fully saturated rings. The van der Waals surface area contributed by atoms with Gasteiger partial charge in [0.25, 0.3) is 0 Å². The first kappa shape index (κ1) is 16.1. The van der Waals surface area contributed by atoms with E-state index in [1.54, 1.807) is 11.8 Å². The predicted octanol–water partition coefficient (Wildman–Crippen LogP) is 3.63. The summed E-state index contributed by atoms with van der Waals surface area (Å²) in [5.41, 5.74) is 8.32. The average Bonchev–Trinajstić information content (AvgIpc) is 2.51. The lowest BCUT2D eigenvalue weighted by molar-refractivity contribution is 0.0431. The van der Waals surface area contributed by atoms with Crippen molar-refractivity contribution in [2.24, 2.45) is 5.73 Å². The first-order valence-corrected chi connectivity index (χ1v) is 8.22. The normalized spacial score (nSPS) is 13.9. The lowest BCUT2D eigenvalue weighted by atomic mass is 9.91. The van der Waals surface area contributed by atoms with Gasteiger partial charge in [0.1, 0.15) is 5.60 Å². The van der Waals surface area contributed by atoms with Crippen LogP contribution in [0.15, 0.2) is 53.4 Å². The first-order valence-electron chi connectivity index (χ1n) is 7.23. The molecule has 0 bridgehead atoms. The minimum absolute atomic E-state index is 0.240. The van der Waals surface area contributed by atoms with Gasteiger partial charge < -0.3 is 10.8 Å². The molecule has 3 N–H and O–H groups in total. The van der Waals surface area contributed by atoms with Gasteiger partial charge in [-0.2, -0.15) is 0 Å². The molecule has 1 atom stereocenters. The highest BCUT2D eigenvalue weighted by molar-refractivity contribution is 7.99. The van der Waals surface area contributed by atoms with Crippen LogP contribution in [0, 0.1) is 13.8 Å². The van der Waals surface area contributed by atoms with Gasteiger partial charge in [-0.05, 0) is 37.5 Å². The van der Waals surface area contributed by atoms with E-state index in [4.69, 9.17) is 5.73 Å². The van der Waals surface area contributed by atoms with Gasteiger partial charge in [-0.15, -0.1) is 11.8 Å². The Bertz CT molecular complexity index is 585. The van der Waals surface area contributed by atoms with Crippen molar-refractivity contribution in [3.8, 4) is 0 Å². The Morgan fingerprint density at radius 3 is 2.48 bits per heavy atom. The Hall–Kier alpha value is -1.29. The van der Waals surface area contributed by atoms with E-state index in [2.05, 4.69) is 32.0 Å². The molecular weight excluding hydrogens is 278 g/mol. The van der Waals surface area contributed by atoms with Crippen molar-refractivity contribution < 1.29 is 5.11 Å². The molecular formula is C18H23NOS. The summed E-state index contributed by atoms with van der Waals surface area (Å²) in [5.74, 6) is 0.840. The molecule has 21 heavy (non-hydrogen) atoms. The minimum Gasteiger partial charge on any atom is -0.384 e. The molecule has 0 heterocycles. The van der Waals surface area contributed by atoms with Crippen LogP contribution in [0.1, 0.15) is 23.1 Å². The molecule has 2 nitrogen and oxygen atoms in total. The van der Waals surface area contributed by atoms with Crippen LogP contribution in [-0.4, -0.2) is 17.4 Å². The van der Waals surface area contributed by atoms with Crippen molar-refractivity contribution >= 4 is 11.8 Å². The quantitative estimate of drug-likeness (QED) is 0.801. The molecule has 0 aromatic heterocycles. The smallest absolute Gasteiger partial charge is 0.103 e. The Kier molecular flexibility index (Phi) is 5.45. The average molecular weight is 301 g/mol. The van der Waals surface area contributed by atoms with E-state index < -0.39 is 5.60 Å². The van der Waals surface area contributed by atoms with Gasteiger partial charge in [-0.25, -0.2) is 0 Å². The molecule has 0 saturated carbocycles.